The molecule has 4 heteroatoms. The molecule has 0 aliphatic heterocycles. The molecule has 0 aromatic carbocycles. The smallest absolute Gasteiger partial charge is 0.0897 e. The first-order chi connectivity index (χ1) is 7.83. The van der Waals surface area contributed by atoms with Crippen molar-refractivity contribution in [1.29, 1.82) is 0 Å². The van der Waals surface area contributed by atoms with Gasteiger partial charge in [0.1, 0.15) is 0 Å². The van der Waals surface area contributed by atoms with E-state index < -0.39 is 6.10 Å². The first-order valence-electron chi connectivity index (χ1n) is 6.44. The second-order valence-corrected chi connectivity index (χ2v) is 4.53. The molecule has 3 N–H and O–H groups in total. The number of hydrogen-bond acceptors (Lipinski definition) is 4. The molecule has 1 fully saturated rings. The van der Waals surface area contributed by atoms with E-state index in [1.165, 1.54) is 12.8 Å². The lowest BCUT2D eigenvalue weighted by atomic mass is 10.3. The van der Waals surface area contributed by atoms with E-state index in [1.807, 2.05) is 0 Å². The van der Waals surface area contributed by atoms with E-state index in [0.29, 0.717) is 19.3 Å². The van der Waals surface area contributed by atoms with Crippen molar-refractivity contribution in [2.45, 2.75) is 50.7 Å². The molecule has 1 unspecified atom stereocenters. The van der Waals surface area contributed by atoms with Crippen LogP contribution in [-0.4, -0.2) is 48.7 Å². The highest BCUT2D eigenvalue weighted by Gasteiger charge is 2.16. The molecule has 0 amide bonds. The van der Waals surface area contributed by atoms with Crippen LogP contribution in [0.15, 0.2) is 0 Å². The Balaban J connectivity index is 1.87. The molecule has 0 radical (unpaired) electrons. The molecule has 96 valence electrons. The largest absolute Gasteiger partial charge is 0.396 e. The zero-order chi connectivity index (χ0) is 11.6. The van der Waals surface area contributed by atoms with Gasteiger partial charge in [0.25, 0.3) is 0 Å². The van der Waals surface area contributed by atoms with Gasteiger partial charge in [-0.1, -0.05) is 12.8 Å². The molecule has 1 saturated carbocycles. The molecule has 0 heterocycles. The lowest BCUT2D eigenvalue weighted by Gasteiger charge is -2.15. The van der Waals surface area contributed by atoms with E-state index in [1.54, 1.807) is 0 Å². The molecule has 0 saturated heterocycles. The Morgan fingerprint density at radius 3 is 2.69 bits per heavy atom. The third-order valence-corrected chi connectivity index (χ3v) is 2.97. The highest BCUT2D eigenvalue weighted by molar-refractivity contribution is 4.68. The summed E-state index contributed by atoms with van der Waals surface area (Å²) >= 11 is 0. The van der Waals surface area contributed by atoms with Crippen molar-refractivity contribution < 1.29 is 14.9 Å². The van der Waals surface area contributed by atoms with Gasteiger partial charge in [0, 0.05) is 13.2 Å². The highest BCUT2D eigenvalue weighted by Crippen LogP contribution is 2.20. The Bertz CT molecular complexity index is 160. The van der Waals surface area contributed by atoms with Crippen LogP contribution < -0.4 is 5.32 Å². The van der Waals surface area contributed by atoms with Crippen LogP contribution in [0.1, 0.15) is 38.5 Å². The van der Waals surface area contributed by atoms with Crippen LogP contribution in [0.2, 0.25) is 0 Å². The zero-order valence-corrected chi connectivity index (χ0v) is 10.0. The van der Waals surface area contributed by atoms with Gasteiger partial charge < -0.3 is 20.3 Å². The lowest BCUT2D eigenvalue weighted by Crippen LogP contribution is -2.32. The molecule has 0 aromatic rings. The normalized spacial score (nSPS) is 19.1. The fraction of sp³-hybridized carbons (Fsp3) is 1.00. The average molecular weight is 231 g/mol. The van der Waals surface area contributed by atoms with Crippen LogP contribution in [-0.2, 0) is 4.74 Å². The first kappa shape index (κ1) is 13.9. The van der Waals surface area contributed by atoms with Gasteiger partial charge >= 0.3 is 0 Å². The molecule has 0 aromatic heterocycles. The van der Waals surface area contributed by atoms with Crippen molar-refractivity contribution in [3.63, 3.8) is 0 Å². The second kappa shape index (κ2) is 8.93. The molecular formula is C12H25NO3. The first-order valence-corrected chi connectivity index (χ1v) is 6.44. The molecule has 16 heavy (non-hydrogen) atoms. The highest BCUT2D eigenvalue weighted by atomic mass is 16.5. The van der Waals surface area contributed by atoms with Crippen molar-refractivity contribution in [2.24, 2.45) is 0 Å². The van der Waals surface area contributed by atoms with E-state index in [2.05, 4.69) is 5.32 Å². The number of rotatable bonds is 9. The summed E-state index contributed by atoms with van der Waals surface area (Å²) in [5, 5.41) is 21.4. The summed E-state index contributed by atoms with van der Waals surface area (Å²) in [6, 6.07) is 0. The van der Waals surface area contributed by atoms with E-state index in [0.717, 1.165) is 32.2 Å². The topological polar surface area (TPSA) is 61.7 Å². The number of ether oxygens (including phenoxy) is 1. The standard InChI is InChI=1S/C12H25NO3/c14-8-4-3-7-13-9-11(15)10-16-12-5-1-2-6-12/h11-15H,1-10H2. The molecule has 4 nitrogen and oxygen atoms in total. The van der Waals surface area contributed by atoms with Crippen LogP contribution in [0.3, 0.4) is 0 Å². The monoisotopic (exact) mass is 231 g/mol. The minimum absolute atomic E-state index is 0.245. The quantitative estimate of drug-likeness (QED) is 0.510. The van der Waals surface area contributed by atoms with Gasteiger partial charge in [-0.25, -0.2) is 0 Å². The summed E-state index contributed by atoms with van der Waals surface area (Å²) in [5.41, 5.74) is 0. The number of aliphatic hydroxyl groups excluding tert-OH is 2. The SMILES string of the molecule is OCCCCNCC(O)COC1CCCC1. The predicted molar refractivity (Wildman–Crippen MR) is 63.4 cm³/mol. The molecular weight excluding hydrogens is 206 g/mol. The molecule has 1 aliphatic carbocycles. The molecule has 0 spiro atoms. The second-order valence-electron chi connectivity index (χ2n) is 4.53. The van der Waals surface area contributed by atoms with Crippen molar-refractivity contribution >= 4 is 0 Å². The minimum atomic E-state index is -0.408. The summed E-state index contributed by atoms with van der Waals surface area (Å²) in [6.07, 6.45) is 6.57. The van der Waals surface area contributed by atoms with Crippen LogP contribution >= 0.6 is 0 Å². The predicted octanol–water partition coefficient (Wildman–Crippen LogP) is 0.669. The van der Waals surface area contributed by atoms with Gasteiger partial charge in [0.05, 0.1) is 18.8 Å². The summed E-state index contributed by atoms with van der Waals surface area (Å²) in [6.45, 7) is 2.12. The molecule has 1 atom stereocenters. The van der Waals surface area contributed by atoms with E-state index >= 15 is 0 Å². The summed E-state index contributed by atoms with van der Waals surface area (Å²) in [5.74, 6) is 0. The van der Waals surface area contributed by atoms with Gasteiger partial charge in [0.2, 0.25) is 0 Å². The fourth-order valence-electron chi connectivity index (χ4n) is 1.99. The average Bonchev–Trinajstić information content (AvgIpc) is 2.79. The van der Waals surface area contributed by atoms with E-state index in [9.17, 15) is 5.11 Å². The maximum Gasteiger partial charge on any atom is 0.0897 e. The zero-order valence-electron chi connectivity index (χ0n) is 10.0. The van der Waals surface area contributed by atoms with Crippen molar-refractivity contribution in [2.75, 3.05) is 26.3 Å². The van der Waals surface area contributed by atoms with Crippen LogP contribution in [0.4, 0.5) is 0 Å². The van der Waals surface area contributed by atoms with Gasteiger partial charge in [0.15, 0.2) is 0 Å². The summed E-state index contributed by atoms with van der Waals surface area (Å²) in [4.78, 5) is 0. The maximum absolute atomic E-state index is 9.63. The number of nitrogens with one attached hydrogen (secondary N) is 1. The van der Waals surface area contributed by atoms with Crippen molar-refractivity contribution in [3.8, 4) is 0 Å². The van der Waals surface area contributed by atoms with Gasteiger partial charge in [-0.05, 0) is 32.2 Å². The molecule has 1 aliphatic rings. The van der Waals surface area contributed by atoms with Gasteiger partial charge in [-0.15, -0.1) is 0 Å². The number of hydrogen-bond donors (Lipinski definition) is 3. The summed E-state index contributed by atoms with van der Waals surface area (Å²) in [7, 11) is 0. The van der Waals surface area contributed by atoms with Crippen LogP contribution in [0.25, 0.3) is 0 Å². The Morgan fingerprint density at radius 1 is 1.25 bits per heavy atom. The Kier molecular flexibility index (Phi) is 7.76. The Hall–Kier alpha value is -0.160. The maximum atomic E-state index is 9.63. The lowest BCUT2D eigenvalue weighted by molar-refractivity contribution is -0.00537. The Morgan fingerprint density at radius 2 is 2.00 bits per heavy atom. The van der Waals surface area contributed by atoms with E-state index in [4.69, 9.17) is 9.84 Å². The third-order valence-electron chi connectivity index (χ3n) is 2.97. The molecule has 0 bridgehead atoms. The van der Waals surface area contributed by atoms with Gasteiger partial charge in [-0.3, -0.25) is 0 Å². The number of unbranched alkanes of at least 4 members (excludes halogenated alkanes) is 1. The van der Waals surface area contributed by atoms with Crippen LogP contribution in [0.5, 0.6) is 0 Å². The van der Waals surface area contributed by atoms with Gasteiger partial charge in [-0.2, -0.15) is 0 Å². The van der Waals surface area contributed by atoms with Crippen LogP contribution in [0, 0.1) is 0 Å². The van der Waals surface area contributed by atoms with Crippen molar-refractivity contribution in [1.82, 2.24) is 5.32 Å². The van der Waals surface area contributed by atoms with Crippen molar-refractivity contribution in [3.05, 3.63) is 0 Å². The summed E-state index contributed by atoms with van der Waals surface area (Å²) < 4.78 is 5.61. The van der Waals surface area contributed by atoms with E-state index in [-0.39, 0.29) is 6.61 Å². The third kappa shape index (κ3) is 6.43. The number of aliphatic hydroxyl groups is 2. The minimum Gasteiger partial charge on any atom is -0.396 e. The Labute approximate surface area is 98.0 Å². The molecule has 1 rings (SSSR count). The fourth-order valence-corrected chi connectivity index (χ4v) is 1.99.